The maximum Gasteiger partial charge on any atom is 0.247 e. The van der Waals surface area contributed by atoms with E-state index in [1.54, 1.807) is 11.8 Å². The maximum absolute atomic E-state index is 5.83. The molecular weight excluding hydrogens is 384 g/mol. The number of ether oxygens (including phenoxy) is 1. The topological polar surface area (TPSA) is 54.6 Å². The first kappa shape index (κ1) is 19.8. The lowest BCUT2D eigenvalue weighted by molar-refractivity contribution is 0.313. The van der Waals surface area contributed by atoms with E-state index in [2.05, 4.69) is 51.3 Å². The minimum absolute atomic E-state index is 0.575. The lowest BCUT2D eigenvalue weighted by Crippen LogP contribution is -2.44. The summed E-state index contributed by atoms with van der Waals surface area (Å²) >= 11 is 1.72. The van der Waals surface area contributed by atoms with Gasteiger partial charge in [0.1, 0.15) is 5.75 Å². The van der Waals surface area contributed by atoms with Crippen molar-refractivity contribution in [3.63, 3.8) is 0 Å². The highest BCUT2D eigenvalue weighted by molar-refractivity contribution is 7.98. The lowest BCUT2D eigenvalue weighted by Gasteiger charge is -2.34. The van der Waals surface area contributed by atoms with Crippen LogP contribution in [0.15, 0.2) is 59.0 Å². The van der Waals surface area contributed by atoms with E-state index in [-0.39, 0.29) is 0 Å². The molecule has 1 fully saturated rings. The molecule has 1 aliphatic rings. The average Bonchev–Trinajstić information content (AvgIpc) is 3.24. The molecule has 0 unspecified atom stereocenters. The molecule has 0 spiro atoms. The van der Waals surface area contributed by atoms with Crippen molar-refractivity contribution in [2.75, 3.05) is 50.5 Å². The molecule has 3 aromatic rings. The van der Waals surface area contributed by atoms with Gasteiger partial charge in [-0.15, -0.1) is 22.0 Å². The van der Waals surface area contributed by atoms with Crippen LogP contribution in [0.4, 0.5) is 5.69 Å². The molecule has 0 saturated carbocycles. The fraction of sp³-hybridized carbons (Fsp3) is 0.364. The van der Waals surface area contributed by atoms with Gasteiger partial charge in [-0.25, -0.2) is 0 Å². The van der Waals surface area contributed by atoms with Gasteiger partial charge in [-0.3, -0.25) is 0 Å². The molecule has 2 heterocycles. The van der Waals surface area contributed by atoms with E-state index in [0.717, 1.165) is 43.2 Å². The molecule has 1 aromatic heterocycles. The van der Waals surface area contributed by atoms with Crippen LogP contribution in [0.3, 0.4) is 0 Å². The number of hydrogen-bond acceptors (Lipinski definition) is 7. The number of hydrogen-bond donors (Lipinski definition) is 0. The third kappa shape index (κ3) is 5.52. The molecule has 0 atom stereocenters. The number of likely N-dealkylation sites (N-methyl/N-ethyl adjacent to an activating group) is 1. The molecule has 1 saturated heterocycles. The Bertz CT molecular complexity index is 877. The summed E-state index contributed by atoms with van der Waals surface area (Å²) in [5, 5.41) is 8.38. The Morgan fingerprint density at radius 2 is 1.72 bits per heavy atom. The van der Waals surface area contributed by atoms with Gasteiger partial charge >= 0.3 is 0 Å². The van der Waals surface area contributed by atoms with Crippen LogP contribution in [0.25, 0.3) is 11.5 Å². The summed E-state index contributed by atoms with van der Waals surface area (Å²) < 4.78 is 11.5. The molecule has 29 heavy (non-hydrogen) atoms. The molecule has 7 heteroatoms. The molecule has 6 nitrogen and oxygen atoms in total. The van der Waals surface area contributed by atoms with Crippen LogP contribution in [0.5, 0.6) is 5.75 Å². The van der Waals surface area contributed by atoms with Crippen molar-refractivity contribution < 1.29 is 9.15 Å². The van der Waals surface area contributed by atoms with Crippen LogP contribution in [0.1, 0.15) is 5.89 Å². The molecule has 1 aliphatic heterocycles. The van der Waals surface area contributed by atoms with Crippen LogP contribution in [0.2, 0.25) is 0 Å². The van der Waals surface area contributed by atoms with Crippen molar-refractivity contribution >= 4 is 17.4 Å². The van der Waals surface area contributed by atoms with Crippen LogP contribution < -0.4 is 9.64 Å². The summed E-state index contributed by atoms with van der Waals surface area (Å²) in [6.07, 6.45) is 0. The van der Waals surface area contributed by atoms with Crippen LogP contribution in [0, 0.1) is 0 Å². The number of aromatic nitrogens is 2. The van der Waals surface area contributed by atoms with Crippen molar-refractivity contribution in [2.24, 2.45) is 0 Å². The van der Waals surface area contributed by atoms with Gasteiger partial charge in [-0.2, -0.15) is 0 Å². The van der Waals surface area contributed by atoms with Gasteiger partial charge in [0.15, 0.2) is 0 Å². The predicted octanol–water partition coefficient (Wildman–Crippen LogP) is 3.80. The third-order valence-electron chi connectivity index (χ3n) is 4.91. The van der Waals surface area contributed by atoms with Crippen molar-refractivity contribution in [2.45, 2.75) is 5.75 Å². The smallest absolute Gasteiger partial charge is 0.247 e. The van der Waals surface area contributed by atoms with E-state index in [1.165, 1.54) is 5.69 Å². The van der Waals surface area contributed by atoms with E-state index >= 15 is 0 Å². The lowest BCUT2D eigenvalue weighted by atomic mass is 10.2. The Balaban J connectivity index is 1.24. The Kier molecular flexibility index (Phi) is 6.69. The van der Waals surface area contributed by atoms with Gasteiger partial charge in [0.05, 0.1) is 12.4 Å². The molecule has 2 aromatic carbocycles. The quantitative estimate of drug-likeness (QED) is 0.524. The normalized spacial score (nSPS) is 14.9. The second-order valence-electron chi connectivity index (χ2n) is 7.05. The summed E-state index contributed by atoms with van der Waals surface area (Å²) in [4.78, 5) is 4.77. The van der Waals surface area contributed by atoms with Gasteiger partial charge in [0.2, 0.25) is 11.8 Å². The molecule has 0 radical (unpaired) electrons. The van der Waals surface area contributed by atoms with Gasteiger partial charge in [0.25, 0.3) is 0 Å². The number of nitrogens with zero attached hydrogens (tertiary/aromatic N) is 4. The Morgan fingerprint density at radius 1 is 0.966 bits per heavy atom. The molecule has 152 valence electrons. The van der Waals surface area contributed by atoms with Crippen molar-refractivity contribution in [3.8, 4) is 17.2 Å². The Morgan fingerprint density at radius 3 is 2.48 bits per heavy atom. The molecule has 0 aliphatic carbocycles. The highest BCUT2D eigenvalue weighted by Gasteiger charge is 2.15. The second kappa shape index (κ2) is 9.80. The van der Waals surface area contributed by atoms with Gasteiger partial charge < -0.3 is 19.0 Å². The summed E-state index contributed by atoms with van der Waals surface area (Å²) in [5.41, 5.74) is 2.20. The standard InChI is InChI=1S/C22H26N4O2S/c1-25-11-13-26(14-12-25)19-9-7-18(8-10-19)22-24-23-21(28-22)17-29-16-15-27-20-5-3-2-4-6-20/h2-10H,11-17H2,1H3. The number of anilines is 1. The van der Waals surface area contributed by atoms with Gasteiger partial charge in [-0.1, -0.05) is 18.2 Å². The van der Waals surface area contributed by atoms with E-state index in [1.807, 2.05) is 30.3 Å². The minimum Gasteiger partial charge on any atom is -0.493 e. The van der Waals surface area contributed by atoms with E-state index < -0.39 is 0 Å². The second-order valence-corrected chi connectivity index (χ2v) is 8.16. The first-order chi connectivity index (χ1) is 14.3. The zero-order chi connectivity index (χ0) is 19.9. The first-order valence-corrected chi connectivity index (χ1v) is 11.1. The Labute approximate surface area is 175 Å². The first-order valence-electron chi connectivity index (χ1n) is 9.90. The number of para-hydroxylation sites is 1. The Hall–Kier alpha value is -2.51. The third-order valence-corrected chi connectivity index (χ3v) is 5.82. The molecule has 0 N–H and O–H groups in total. The molecule has 4 rings (SSSR count). The fourth-order valence-electron chi connectivity index (χ4n) is 3.20. The van der Waals surface area contributed by atoms with Gasteiger partial charge in [-0.05, 0) is 43.4 Å². The van der Waals surface area contributed by atoms with E-state index in [4.69, 9.17) is 9.15 Å². The van der Waals surface area contributed by atoms with Crippen LogP contribution in [-0.2, 0) is 5.75 Å². The highest BCUT2D eigenvalue weighted by Crippen LogP contribution is 2.24. The van der Waals surface area contributed by atoms with Crippen LogP contribution in [-0.4, -0.2) is 60.7 Å². The zero-order valence-electron chi connectivity index (χ0n) is 16.7. The SMILES string of the molecule is CN1CCN(c2ccc(-c3nnc(CSCCOc4ccccc4)o3)cc2)CC1. The largest absolute Gasteiger partial charge is 0.493 e. The summed E-state index contributed by atoms with van der Waals surface area (Å²) in [5.74, 6) is 3.67. The average molecular weight is 411 g/mol. The number of rotatable bonds is 8. The fourth-order valence-corrected chi connectivity index (χ4v) is 3.84. The van der Waals surface area contributed by atoms with Crippen molar-refractivity contribution in [1.82, 2.24) is 15.1 Å². The number of benzene rings is 2. The molecule has 0 amide bonds. The predicted molar refractivity (Wildman–Crippen MR) is 118 cm³/mol. The summed E-state index contributed by atoms with van der Waals surface area (Å²) in [6.45, 7) is 4.98. The number of piperazine rings is 1. The molecular formula is C22H26N4O2S. The van der Waals surface area contributed by atoms with Gasteiger partial charge in [0, 0.05) is 43.2 Å². The monoisotopic (exact) mass is 410 g/mol. The van der Waals surface area contributed by atoms with Crippen LogP contribution >= 0.6 is 11.8 Å². The minimum atomic E-state index is 0.575. The maximum atomic E-state index is 5.83. The number of thioether (sulfide) groups is 1. The van der Waals surface area contributed by atoms with E-state index in [0.29, 0.717) is 24.1 Å². The summed E-state index contributed by atoms with van der Waals surface area (Å²) in [7, 11) is 2.17. The van der Waals surface area contributed by atoms with Crippen molar-refractivity contribution in [3.05, 3.63) is 60.5 Å². The van der Waals surface area contributed by atoms with E-state index in [9.17, 15) is 0 Å². The van der Waals surface area contributed by atoms with Crippen molar-refractivity contribution in [1.29, 1.82) is 0 Å². The molecule has 0 bridgehead atoms. The summed E-state index contributed by atoms with van der Waals surface area (Å²) in [6, 6.07) is 18.3. The highest BCUT2D eigenvalue weighted by atomic mass is 32.2. The zero-order valence-corrected chi connectivity index (χ0v) is 17.5.